The summed E-state index contributed by atoms with van der Waals surface area (Å²) in [6, 6.07) is 3.69. The van der Waals surface area contributed by atoms with Gasteiger partial charge in [0.05, 0.1) is 0 Å². The molecule has 1 heterocycles. The van der Waals surface area contributed by atoms with Gasteiger partial charge in [-0.3, -0.25) is 4.98 Å². The molecule has 0 bridgehead atoms. The van der Waals surface area contributed by atoms with Crippen molar-refractivity contribution in [2.75, 3.05) is 0 Å². The lowest BCUT2D eigenvalue weighted by molar-refractivity contribution is 0.307. The average Bonchev–Trinajstić information content (AvgIpc) is 2.25. The zero-order chi connectivity index (χ0) is 13.1. The Balaban J connectivity index is 2.79. The van der Waals surface area contributed by atoms with Gasteiger partial charge in [0.25, 0.3) is 8.32 Å². The molecule has 0 amide bonds. The summed E-state index contributed by atoms with van der Waals surface area (Å²) in [5.41, 5.74) is 6.64. The lowest BCUT2D eigenvalue weighted by atomic mass is 10.2. The highest BCUT2D eigenvalue weighted by molar-refractivity contribution is 6.74. The van der Waals surface area contributed by atoms with Gasteiger partial charge in [-0.2, -0.15) is 0 Å². The molecule has 2 N–H and O–H groups in total. The Morgan fingerprint density at radius 3 is 2.53 bits per heavy atom. The van der Waals surface area contributed by atoms with Crippen molar-refractivity contribution in [2.24, 2.45) is 10.9 Å². The summed E-state index contributed by atoms with van der Waals surface area (Å²) in [6.45, 7) is 10.7. The molecule has 1 aromatic rings. The van der Waals surface area contributed by atoms with Gasteiger partial charge in [0.2, 0.25) is 0 Å². The Hall–Kier alpha value is -1.36. The van der Waals surface area contributed by atoms with E-state index in [0.29, 0.717) is 5.84 Å². The van der Waals surface area contributed by atoms with E-state index in [1.165, 1.54) is 0 Å². The SMILES string of the molecule is CC(C)(C)[Si](C)(C)O/N=C(\N)c1cccnc1. The zero-order valence-corrected chi connectivity index (χ0v) is 12.2. The molecule has 1 aromatic heterocycles. The van der Waals surface area contributed by atoms with E-state index < -0.39 is 8.32 Å². The predicted molar refractivity (Wildman–Crippen MR) is 73.2 cm³/mol. The van der Waals surface area contributed by atoms with Gasteiger partial charge >= 0.3 is 0 Å². The molecular weight excluding hydrogens is 230 g/mol. The molecule has 0 fully saturated rings. The van der Waals surface area contributed by atoms with Gasteiger partial charge in [-0.25, -0.2) is 0 Å². The molecule has 1 rings (SSSR count). The summed E-state index contributed by atoms with van der Waals surface area (Å²) in [7, 11) is -1.89. The third-order valence-electron chi connectivity index (χ3n) is 3.14. The molecule has 0 aromatic carbocycles. The van der Waals surface area contributed by atoms with Crippen LogP contribution in [0.4, 0.5) is 0 Å². The van der Waals surface area contributed by atoms with Crippen LogP contribution in [-0.4, -0.2) is 19.1 Å². The molecule has 0 spiro atoms. The first-order valence-electron chi connectivity index (χ1n) is 5.66. The summed E-state index contributed by atoms with van der Waals surface area (Å²) < 4.78 is 5.68. The van der Waals surface area contributed by atoms with Gasteiger partial charge in [0.1, 0.15) is 0 Å². The van der Waals surface area contributed by atoms with E-state index in [1.54, 1.807) is 12.4 Å². The summed E-state index contributed by atoms with van der Waals surface area (Å²) in [6.07, 6.45) is 3.37. The number of hydrogen-bond acceptors (Lipinski definition) is 3. The molecular formula is C12H21N3OSi. The molecule has 4 nitrogen and oxygen atoms in total. The molecule has 0 atom stereocenters. The van der Waals surface area contributed by atoms with Crippen LogP contribution in [0.2, 0.25) is 18.1 Å². The number of aromatic nitrogens is 1. The number of nitrogens with zero attached hydrogens (tertiary/aromatic N) is 2. The van der Waals surface area contributed by atoms with E-state index in [-0.39, 0.29) is 5.04 Å². The van der Waals surface area contributed by atoms with Crippen LogP contribution in [0, 0.1) is 0 Å². The first kappa shape index (κ1) is 13.7. The molecule has 5 heteroatoms. The van der Waals surface area contributed by atoms with Crippen molar-refractivity contribution < 1.29 is 4.53 Å². The maximum absolute atomic E-state index is 5.85. The number of oxime groups is 1. The molecule has 0 radical (unpaired) electrons. The van der Waals surface area contributed by atoms with Gasteiger partial charge in [0, 0.05) is 18.0 Å². The highest BCUT2D eigenvalue weighted by atomic mass is 28.4. The molecule has 0 aliphatic heterocycles. The van der Waals surface area contributed by atoms with Crippen molar-refractivity contribution in [1.29, 1.82) is 0 Å². The van der Waals surface area contributed by atoms with E-state index in [2.05, 4.69) is 44.0 Å². The highest BCUT2D eigenvalue weighted by Gasteiger charge is 2.39. The van der Waals surface area contributed by atoms with Crippen LogP contribution in [0.1, 0.15) is 26.3 Å². The minimum Gasteiger partial charge on any atom is -0.453 e. The third kappa shape index (κ3) is 3.56. The third-order valence-corrected chi connectivity index (χ3v) is 7.30. The Kier molecular flexibility index (Phi) is 3.93. The maximum Gasteiger partial charge on any atom is 0.286 e. The molecule has 0 saturated carbocycles. The quantitative estimate of drug-likeness (QED) is 0.389. The topological polar surface area (TPSA) is 60.5 Å². The number of hydrogen-bond donors (Lipinski definition) is 1. The fourth-order valence-electron chi connectivity index (χ4n) is 0.867. The van der Waals surface area contributed by atoms with Crippen molar-refractivity contribution in [3.63, 3.8) is 0 Å². The lowest BCUT2D eigenvalue weighted by Gasteiger charge is -2.33. The molecule has 0 saturated heterocycles. The Bertz CT molecular complexity index is 396. The van der Waals surface area contributed by atoms with Gasteiger partial charge in [-0.1, -0.05) is 25.9 Å². The Morgan fingerprint density at radius 2 is 2.06 bits per heavy atom. The molecule has 94 valence electrons. The lowest BCUT2D eigenvalue weighted by Crippen LogP contribution is -2.39. The fraction of sp³-hybridized carbons (Fsp3) is 0.500. The van der Waals surface area contributed by atoms with Crippen LogP contribution in [-0.2, 0) is 4.53 Å². The number of nitrogens with two attached hydrogens (primary N) is 1. The van der Waals surface area contributed by atoms with Crippen LogP contribution in [0.5, 0.6) is 0 Å². The van der Waals surface area contributed by atoms with E-state index >= 15 is 0 Å². The molecule has 0 aliphatic rings. The number of amidine groups is 1. The minimum absolute atomic E-state index is 0.117. The van der Waals surface area contributed by atoms with E-state index in [1.807, 2.05) is 12.1 Å². The smallest absolute Gasteiger partial charge is 0.286 e. The predicted octanol–water partition coefficient (Wildman–Crippen LogP) is 2.72. The van der Waals surface area contributed by atoms with E-state index in [4.69, 9.17) is 10.3 Å². The van der Waals surface area contributed by atoms with Crippen molar-refractivity contribution in [1.82, 2.24) is 4.98 Å². The molecule has 0 unspecified atom stereocenters. The van der Waals surface area contributed by atoms with Crippen molar-refractivity contribution in [3.8, 4) is 0 Å². The fourth-order valence-corrected chi connectivity index (χ4v) is 1.47. The van der Waals surface area contributed by atoms with Crippen LogP contribution >= 0.6 is 0 Å². The van der Waals surface area contributed by atoms with Crippen molar-refractivity contribution in [2.45, 2.75) is 38.9 Å². The minimum atomic E-state index is -1.89. The van der Waals surface area contributed by atoms with Crippen LogP contribution in [0.3, 0.4) is 0 Å². The highest BCUT2D eigenvalue weighted by Crippen LogP contribution is 2.36. The van der Waals surface area contributed by atoms with Gasteiger partial charge < -0.3 is 10.3 Å². The van der Waals surface area contributed by atoms with Crippen LogP contribution in [0.25, 0.3) is 0 Å². The van der Waals surface area contributed by atoms with Crippen molar-refractivity contribution in [3.05, 3.63) is 30.1 Å². The number of rotatable bonds is 3. The largest absolute Gasteiger partial charge is 0.453 e. The monoisotopic (exact) mass is 251 g/mol. The second-order valence-corrected chi connectivity index (χ2v) is 10.3. The van der Waals surface area contributed by atoms with E-state index in [0.717, 1.165) is 5.56 Å². The van der Waals surface area contributed by atoms with Gasteiger partial charge in [-0.05, 0) is 30.3 Å². The summed E-state index contributed by atoms with van der Waals surface area (Å²) >= 11 is 0. The Morgan fingerprint density at radius 1 is 1.41 bits per heavy atom. The summed E-state index contributed by atoms with van der Waals surface area (Å²) in [5.74, 6) is 0.378. The van der Waals surface area contributed by atoms with Crippen molar-refractivity contribution >= 4 is 14.2 Å². The first-order chi connectivity index (χ1) is 7.74. The first-order valence-corrected chi connectivity index (χ1v) is 8.57. The normalized spacial score (nSPS) is 13.6. The van der Waals surface area contributed by atoms with Crippen LogP contribution < -0.4 is 5.73 Å². The Labute approximate surface area is 104 Å². The standard InChI is InChI=1S/C12H21N3OSi/c1-12(2,3)17(4,5)16-15-11(13)10-7-6-8-14-9-10/h6-9H,1-5H3,(H2,13,15). The second-order valence-electron chi connectivity index (χ2n) is 5.57. The maximum atomic E-state index is 5.85. The molecule has 0 aliphatic carbocycles. The average molecular weight is 251 g/mol. The van der Waals surface area contributed by atoms with Crippen LogP contribution in [0.15, 0.2) is 29.7 Å². The summed E-state index contributed by atoms with van der Waals surface area (Å²) in [5, 5.41) is 4.17. The second kappa shape index (κ2) is 4.87. The van der Waals surface area contributed by atoms with Gasteiger partial charge in [-0.15, -0.1) is 0 Å². The summed E-state index contributed by atoms with van der Waals surface area (Å²) in [4.78, 5) is 3.99. The van der Waals surface area contributed by atoms with Gasteiger partial charge in [0.15, 0.2) is 5.84 Å². The van der Waals surface area contributed by atoms with E-state index in [9.17, 15) is 0 Å². The number of pyridine rings is 1. The zero-order valence-electron chi connectivity index (χ0n) is 11.2. The molecule has 17 heavy (non-hydrogen) atoms.